The lowest BCUT2D eigenvalue weighted by molar-refractivity contribution is 0.470. The van der Waals surface area contributed by atoms with E-state index in [1.165, 1.54) is 11.3 Å². The van der Waals surface area contributed by atoms with Gasteiger partial charge in [-0.15, -0.1) is 0 Å². The van der Waals surface area contributed by atoms with Gasteiger partial charge in [0.25, 0.3) is 0 Å². The van der Waals surface area contributed by atoms with Crippen LogP contribution in [0, 0.1) is 0 Å². The highest BCUT2D eigenvalue weighted by molar-refractivity contribution is 5.56. The molecule has 0 aromatic heterocycles. The van der Waals surface area contributed by atoms with E-state index in [4.69, 9.17) is 0 Å². The van der Waals surface area contributed by atoms with Crippen molar-refractivity contribution >= 4 is 11.8 Å². The molecule has 0 aliphatic heterocycles. The number of phenolic OH excluding ortho intramolecular Hbond substituents is 1. The molecule has 21 heavy (non-hydrogen) atoms. The van der Waals surface area contributed by atoms with Crippen molar-refractivity contribution in [1.29, 1.82) is 0 Å². The van der Waals surface area contributed by atoms with Crippen LogP contribution in [0.5, 0.6) is 5.75 Å². The number of benzene rings is 2. The monoisotopic (exact) mass is 281 g/mol. The highest BCUT2D eigenvalue weighted by Gasteiger charge is 2.00. The lowest BCUT2D eigenvalue weighted by atomic mass is 10.1. The summed E-state index contributed by atoms with van der Waals surface area (Å²) in [5, 5.41) is 9.72. The molecule has 0 unspecified atom stereocenters. The molecule has 0 radical (unpaired) electrons. The minimum Gasteiger partial charge on any atom is -0.508 e. The van der Waals surface area contributed by atoms with Crippen LogP contribution in [0.1, 0.15) is 25.0 Å². The van der Waals surface area contributed by atoms with Gasteiger partial charge in [0, 0.05) is 18.8 Å². The van der Waals surface area contributed by atoms with Crippen molar-refractivity contribution in [3.63, 3.8) is 0 Å². The molecule has 2 aromatic rings. The minimum atomic E-state index is 0.360. The van der Waals surface area contributed by atoms with Crippen LogP contribution < -0.4 is 4.90 Å². The molecule has 0 atom stereocenters. The third kappa shape index (κ3) is 4.12. The zero-order valence-electron chi connectivity index (χ0n) is 12.8. The fourth-order valence-electron chi connectivity index (χ4n) is 2.39. The van der Waals surface area contributed by atoms with Gasteiger partial charge in [0.1, 0.15) is 5.75 Å². The second-order valence-electron chi connectivity index (χ2n) is 5.00. The Bertz CT molecular complexity index is 583. The first kappa shape index (κ1) is 15.2. The summed E-state index contributed by atoms with van der Waals surface area (Å²) in [5.41, 5.74) is 3.40. The van der Waals surface area contributed by atoms with Crippen molar-refractivity contribution in [3.05, 3.63) is 65.7 Å². The van der Waals surface area contributed by atoms with Crippen LogP contribution in [0.25, 0.3) is 6.08 Å². The van der Waals surface area contributed by atoms with Gasteiger partial charge >= 0.3 is 0 Å². The Balaban J connectivity index is 2.00. The zero-order chi connectivity index (χ0) is 15.1. The number of allylic oxidation sites excluding steroid dienone is 1. The third-order valence-corrected chi connectivity index (χ3v) is 3.66. The highest BCUT2D eigenvalue weighted by atomic mass is 16.3. The van der Waals surface area contributed by atoms with Gasteiger partial charge in [-0.25, -0.2) is 0 Å². The molecule has 0 heterocycles. The van der Waals surface area contributed by atoms with Gasteiger partial charge in [0.2, 0.25) is 0 Å². The number of aromatic hydroxyl groups is 1. The average molecular weight is 281 g/mol. The topological polar surface area (TPSA) is 23.5 Å². The maximum Gasteiger partial charge on any atom is 0.119 e. The van der Waals surface area contributed by atoms with Gasteiger partial charge in [-0.2, -0.15) is 0 Å². The molecule has 0 fully saturated rings. The first-order valence-corrected chi connectivity index (χ1v) is 7.53. The first-order chi connectivity index (χ1) is 10.2. The van der Waals surface area contributed by atoms with Crippen molar-refractivity contribution in [3.8, 4) is 5.75 Å². The number of anilines is 1. The lowest BCUT2D eigenvalue weighted by Gasteiger charge is -2.20. The molecule has 0 saturated heterocycles. The highest BCUT2D eigenvalue weighted by Crippen LogP contribution is 2.18. The van der Waals surface area contributed by atoms with Gasteiger partial charge in [-0.1, -0.05) is 42.5 Å². The summed E-state index contributed by atoms with van der Waals surface area (Å²) >= 11 is 0. The van der Waals surface area contributed by atoms with Crippen molar-refractivity contribution in [1.82, 2.24) is 0 Å². The smallest absolute Gasteiger partial charge is 0.119 e. The molecule has 0 spiro atoms. The predicted molar refractivity (Wildman–Crippen MR) is 90.8 cm³/mol. The molecule has 0 aliphatic carbocycles. The van der Waals surface area contributed by atoms with Crippen LogP contribution in [0.2, 0.25) is 0 Å². The van der Waals surface area contributed by atoms with E-state index < -0.39 is 0 Å². The van der Waals surface area contributed by atoms with E-state index in [0.29, 0.717) is 5.75 Å². The molecular weight excluding hydrogens is 258 g/mol. The first-order valence-electron chi connectivity index (χ1n) is 7.53. The Hall–Kier alpha value is -2.22. The van der Waals surface area contributed by atoms with Crippen LogP contribution in [-0.2, 0) is 6.42 Å². The van der Waals surface area contributed by atoms with Gasteiger partial charge in [-0.05, 0) is 49.6 Å². The standard InChI is InChI=1S/C19H23NO/c1-3-20(4-2)18-14-12-16(13-15-18)8-7-10-17-9-5-6-11-19(17)21/h5-9,11-15,21H,3-4,10H2,1-2H3/b8-7+. The number of hydrogen-bond acceptors (Lipinski definition) is 2. The van der Waals surface area contributed by atoms with Crippen LogP contribution in [0.4, 0.5) is 5.69 Å². The summed E-state index contributed by atoms with van der Waals surface area (Å²) in [5.74, 6) is 0.360. The molecular formula is C19H23NO. The van der Waals surface area contributed by atoms with Gasteiger partial charge < -0.3 is 10.0 Å². The summed E-state index contributed by atoms with van der Waals surface area (Å²) in [6, 6.07) is 16.0. The van der Waals surface area contributed by atoms with Crippen LogP contribution in [0.15, 0.2) is 54.6 Å². The summed E-state index contributed by atoms with van der Waals surface area (Å²) in [6.07, 6.45) is 4.92. The summed E-state index contributed by atoms with van der Waals surface area (Å²) in [4.78, 5) is 2.33. The molecule has 0 bridgehead atoms. The summed E-state index contributed by atoms with van der Waals surface area (Å²) in [6.45, 7) is 6.39. The van der Waals surface area contributed by atoms with Crippen molar-refractivity contribution in [2.45, 2.75) is 20.3 Å². The van der Waals surface area contributed by atoms with E-state index >= 15 is 0 Å². The number of para-hydroxylation sites is 1. The molecule has 0 amide bonds. The number of rotatable bonds is 6. The summed E-state index contributed by atoms with van der Waals surface area (Å²) < 4.78 is 0. The molecule has 2 heteroatoms. The van der Waals surface area contributed by atoms with Crippen molar-refractivity contribution < 1.29 is 5.11 Å². The lowest BCUT2D eigenvalue weighted by Crippen LogP contribution is -2.21. The SMILES string of the molecule is CCN(CC)c1ccc(/C=C/Cc2ccccc2O)cc1. The van der Waals surface area contributed by atoms with E-state index in [0.717, 1.165) is 25.1 Å². The largest absolute Gasteiger partial charge is 0.508 e. The normalized spacial score (nSPS) is 11.0. The maximum atomic E-state index is 9.72. The van der Waals surface area contributed by atoms with Crippen LogP contribution in [-0.4, -0.2) is 18.2 Å². The van der Waals surface area contributed by atoms with Gasteiger partial charge in [0.05, 0.1) is 0 Å². The Labute approximate surface area is 127 Å². The van der Waals surface area contributed by atoms with E-state index in [2.05, 4.69) is 55.2 Å². The second kappa shape index (κ2) is 7.53. The van der Waals surface area contributed by atoms with E-state index in [1.54, 1.807) is 6.07 Å². The van der Waals surface area contributed by atoms with Crippen LogP contribution in [0.3, 0.4) is 0 Å². The predicted octanol–water partition coefficient (Wildman–Crippen LogP) is 4.49. The Morgan fingerprint density at radius 1 is 0.952 bits per heavy atom. The molecule has 2 aromatic carbocycles. The van der Waals surface area contributed by atoms with Crippen LogP contribution >= 0.6 is 0 Å². The van der Waals surface area contributed by atoms with Gasteiger partial charge in [-0.3, -0.25) is 0 Å². The molecule has 2 nitrogen and oxygen atoms in total. The number of phenols is 1. The molecule has 0 saturated carbocycles. The molecule has 110 valence electrons. The summed E-state index contributed by atoms with van der Waals surface area (Å²) in [7, 11) is 0. The fraction of sp³-hybridized carbons (Fsp3) is 0.263. The molecule has 0 aliphatic rings. The number of hydrogen-bond donors (Lipinski definition) is 1. The molecule has 1 N–H and O–H groups in total. The van der Waals surface area contributed by atoms with Gasteiger partial charge in [0.15, 0.2) is 0 Å². The van der Waals surface area contributed by atoms with Crippen molar-refractivity contribution in [2.75, 3.05) is 18.0 Å². The Morgan fingerprint density at radius 2 is 1.62 bits per heavy atom. The van der Waals surface area contributed by atoms with E-state index in [9.17, 15) is 5.11 Å². The van der Waals surface area contributed by atoms with Crippen molar-refractivity contribution in [2.24, 2.45) is 0 Å². The number of nitrogens with zero attached hydrogens (tertiary/aromatic N) is 1. The zero-order valence-corrected chi connectivity index (χ0v) is 12.8. The van der Waals surface area contributed by atoms with E-state index in [-0.39, 0.29) is 0 Å². The average Bonchev–Trinajstić information content (AvgIpc) is 2.52. The maximum absolute atomic E-state index is 9.72. The fourth-order valence-corrected chi connectivity index (χ4v) is 2.39. The third-order valence-electron chi connectivity index (χ3n) is 3.66. The quantitative estimate of drug-likeness (QED) is 0.843. The minimum absolute atomic E-state index is 0.360. The Morgan fingerprint density at radius 3 is 2.24 bits per heavy atom. The Kier molecular flexibility index (Phi) is 5.44. The van der Waals surface area contributed by atoms with E-state index in [1.807, 2.05) is 18.2 Å². The second-order valence-corrected chi connectivity index (χ2v) is 5.00. The molecule has 2 rings (SSSR count).